The lowest BCUT2D eigenvalue weighted by Gasteiger charge is -2.40. The van der Waals surface area contributed by atoms with E-state index in [1.54, 1.807) is 0 Å². The number of hydrogen-bond acceptors (Lipinski definition) is 3. The molecule has 1 heterocycles. The summed E-state index contributed by atoms with van der Waals surface area (Å²) in [6, 6.07) is 8.81. The molecule has 0 saturated carbocycles. The van der Waals surface area contributed by atoms with Gasteiger partial charge in [-0.15, -0.1) is 0 Å². The predicted octanol–water partition coefficient (Wildman–Crippen LogP) is 2.85. The molecule has 0 radical (unpaired) electrons. The third-order valence-electron chi connectivity index (χ3n) is 4.13. The minimum absolute atomic E-state index is 0.656. The highest BCUT2D eigenvalue weighted by Crippen LogP contribution is 2.26. The van der Waals surface area contributed by atoms with Crippen LogP contribution in [0.3, 0.4) is 0 Å². The summed E-state index contributed by atoms with van der Waals surface area (Å²) in [5.41, 5.74) is 1.17. The number of para-hydroxylation sites is 1. The van der Waals surface area contributed by atoms with E-state index in [1.165, 1.54) is 12.1 Å². The maximum atomic E-state index is 6.29. The maximum Gasteiger partial charge on any atom is 0.0639 e. The number of benzene rings is 1. The summed E-state index contributed by atoms with van der Waals surface area (Å²) in [6.07, 6.45) is 1.21. The minimum Gasteiger partial charge on any atom is -0.368 e. The summed E-state index contributed by atoms with van der Waals surface area (Å²) in [6.45, 7) is 11.0. The first kappa shape index (κ1) is 15.6. The van der Waals surface area contributed by atoms with Gasteiger partial charge in [-0.3, -0.25) is 4.90 Å². The van der Waals surface area contributed by atoms with Crippen LogP contribution in [0.5, 0.6) is 0 Å². The van der Waals surface area contributed by atoms with Crippen molar-refractivity contribution in [3.05, 3.63) is 29.3 Å². The van der Waals surface area contributed by atoms with E-state index < -0.39 is 0 Å². The van der Waals surface area contributed by atoms with Crippen molar-refractivity contribution >= 4 is 17.3 Å². The fourth-order valence-corrected chi connectivity index (χ4v) is 3.13. The van der Waals surface area contributed by atoms with Gasteiger partial charge in [0.15, 0.2) is 0 Å². The lowest BCUT2D eigenvalue weighted by Crippen LogP contribution is -2.52. The van der Waals surface area contributed by atoms with Gasteiger partial charge >= 0.3 is 0 Å². The molecular weight excluding hydrogens is 270 g/mol. The van der Waals surface area contributed by atoms with E-state index in [1.807, 2.05) is 12.1 Å². The van der Waals surface area contributed by atoms with Crippen molar-refractivity contribution in [2.45, 2.75) is 26.3 Å². The average molecular weight is 296 g/mol. The van der Waals surface area contributed by atoms with Crippen LogP contribution in [0.15, 0.2) is 24.3 Å². The van der Waals surface area contributed by atoms with Gasteiger partial charge in [0.05, 0.1) is 10.7 Å². The Morgan fingerprint density at radius 2 is 1.85 bits per heavy atom. The first-order chi connectivity index (χ1) is 9.76. The third-order valence-corrected chi connectivity index (χ3v) is 4.44. The number of rotatable bonds is 6. The van der Waals surface area contributed by atoms with Crippen molar-refractivity contribution in [1.29, 1.82) is 0 Å². The second-order valence-corrected chi connectivity index (χ2v) is 5.75. The normalized spacial score (nSPS) is 18.2. The molecule has 1 unspecified atom stereocenters. The highest BCUT2D eigenvalue weighted by molar-refractivity contribution is 6.33. The van der Waals surface area contributed by atoms with E-state index in [0.29, 0.717) is 6.04 Å². The molecule has 1 fully saturated rings. The van der Waals surface area contributed by atoms with Gasteiger partial charge in [0.25, 0.3) is 0 Å². The average Bonchev–Trinajstić information content (AvgIpc) is 2.49. The molecule has 0 amide bonds. The van der Waals surface area contributed by atoms with Crippen LogP contribution >= 0.6 is 11.6 Å². The second-order valence-electron chi connectivity index (χ2n) is 5.34. The molecule has 112 valence electrons. The van der Waals surface area contributed by atoms with E-state index in [4.69, 9.17) is 11.6 Å². The zero-order chi connectivity index (χ0) is 14.4. The molecule has 2 rings (SSSR count). The molecule has 0 aromatic heterocycles. The largest absolute Gasteiger partial charge is 0.368 e. The van der Waals surface area contributed by atoms with Crippen molar-refractivity contribution in [3.63, 3.8) is 0 Å². The van der Waals surface area contributed by atoms with Crippen LogP contribution < -0.4 is 10.2 Å². The van der Waals surface area contributed by atoms with Gasteiger partial charge in [-0.1, -0.05) is 37.6 Å². The van der Waals surface area contributed by atoms with Gasteiger partial charge in [0.2, 0.25) is 0 Å². The van der Waals surface area contributed by atoms with Crippen LogP contribution in [0, 0.1) is 0 Å². The quantitative estimate of drug-likeness (QED) is 0.871. The van der Waals surface area contributed by atoms with Gasteiger partial charge in [0, 0.05) is 38.8 Å². The van der Waals surface area contributed by atoms with Gasteiger partial charge in [-0.2, -0.15) is 0 Å². The van der Waals surface area contributed by atoms with Gasteiger partial charge in [-0.25, -0.2) is 0 Å². The SMILES string of the molecule is CCNCC(CC)N1CCN(c2ccccc2Cl)CC1. The van der Waals surface area contributed by atoms with Crippen LogP contribution in [0.4, 0.5) is 5.69 Å². The maximum absolute atomic E-state index is 6.29. The number of piperazine rings is 1. The summed E-state index contributed by atoms with van der Waals surface area (Å²) in [5, 5.41) is 4.33. The Morgan fingerprint density at radius 3 is 2.45 bits per heavy atom. The molecule has 20 heavy (non-hydrogen) atoms. The molecule has 4 heteroatoms. The Labute approximate surface area is 127 Å². The molecule has 1 aromatic carbocycles. The highest BCUT2D eigenvalue weighted by Gasteiger charge is 2.23. The number of halogens is 1. The summed E-state index contributed by atoms with van der Waals surface area (Å²) in [4.78, 5) is 5.01. The van der Waals surface area contributed by atoms with Crippen molar-refractivity contribution in [3.8, 4) is 0 Å². The van der Waals surface area contributed by atoms with Gasteiger partial charge in [-0.05, 0) is 25.1 Å². The van der Waals surface area contributed by atoms with E-state index >= 15 is 0 Å². The van der Waals surface area contributed by atoms with Crippen LogP contribution in [0.1, 0.15) is 20.3 Å². The predicted molar refractivity (Wildman–Crippen MR) is 87.9 cm³/mol. The molecule has 1 atom stereocenters. The molecule has 1 saturated heterocycles. The number of anilines is 1. The highest BCUT2D eigenvalue weighted by atomic mass is 35.5. The smallest absolute Gasteiger partial charge is 0.0639 e. The molecule has 0 aliphatic carbocycles. The lowest BCUT2D eigenvalue weighted by atomic mass is 10.1. The van der Waals surface area contributed by atoms with Crippen molar-refractivity contribution < 1.29 is 0 Å². The van der Waals surface area contributed by atoms with Crippen molar-refractivity contribution in [1.82, 2.24) is 10.2 Å². The molecule has 1 N–H and O–H groups in total. The van der Waals surface area contributed by atoms with Crippen LogP contribution in [-0.4, -0.2) is 50.2 Å². The summed E-state index contributed by atoms with van der Waals surface area (Å²) >= 11 is 6.29. The zero-order valence-electron chi connectivity index (χ0n) is 12.6. The lowest BCUT2D eigenvalue weighted by molar-refractivity contribution is 0.177. The van der Waals surface area contributed by atoms with Gasteiger partial charge < -0.3 is 10.2 Å². The monoisotopic (exact) mass is 295 g/mol. The number of nitrogens with zero attached hydrogens (tertiary/aromatic N) is 2. The Hall–Kier alpha value is -0.770. The standard InChI is InChI=1S/C16H26ClN3/c1-3-14(13-18-4-2)19-9-11-20(12-10-19)16-8-6-5-7-15(16)17/h5-8,14,18H,3-4,9-13H2,1-2H3. The molecule has 1 aliphatic heterocycles. The summed E-state index contributed by atoms with van der Waals surface area (Å²) in [5.74, 6) is 0. The molecule has 1 aliphatic rings. The van der Waals surface area contributed by atoms with Crippen molar-refractivity contribution in [2.24, 2.45) is 0 Å². The fourth-order valence-electron chi connectivity index (χ4n) is 2.88. The minimum atomic E-state index is 0.656. The molecule has 0 bridgehead atoms. The molecule has 0 spiro atoms. The van der Waals surface area contributed by atoms with Crippen LogP contribution in [0.25, 0.3) is 0 Å². The second kappa shape index (κ2) is 7.87. The molecule has 3 nitrogen and oxygen atoms in total. The van der Waals surface area contributed by atoms with E-state index in [-0.39, 0.29) is 0 Å². The van der Waals surface area contributed by atoms with Crippen molar-refractivity contribution in [2.75, 3.05) is 44.2 Å². The third kappa shape index (κ3) is 3.87. The number of likely N-dealkylation sites (N-methyl/N-ethyl adjacent to an activating group) is 1. The van der Waals surface area contributed by atoms with Crippen LogP contribution in [0.2, 0.25) is 5.02 Å². The first-order valence-electron chi connectivity index (χ1n) is 7.70. The Balaban J connectivity index is 1.90. The summed E-state index contributed by atoms with van der Waals surface area (Å²) < 4.78 is 0. The first-order valence-corrected chi connectivity index (χ1v) is 8.08. The van der Waals surface area contributed by atoms with Gasteiger partial charge in [0.1, 0.15) is 0 Å². The Kier molecular flexibility index (Phi) is 6.14. The topological polar surface area (TPSA) is 18.5 Å². The molecular formula is C16H26ClN3. The van der Waals surface area contributed by atoms with E-state index in [0.717, 1.165) is 44.3 Å². The Bertz CT molecular complexity index is 402. The zero-order valence-corrected chi connectivity index (χ0v) is 13.4. The molecule has 1 aromatic rings. The van der Waals surface area contributed by atoms with Crippen LogP contribution in [-0.2, 0) is 0 Å². The fraction of sp³-hybridized carbons (Fsp3) is 0.625. The summed E-state index contributed by atoms with van der Waals surface area (Å²) in [7, 11) is 0. The number of hydrogen-bond donors (Lipinski definition) is 1. The Morgan fingerprint density at radius 1 is 1.15 bits per heavy atom. The van der Waals surface area contributed by atoms with E-state index in [2.05, 4.69) is 41.1 Å². The van der Waals surface area contributed by atoms with E-state index in [9.17, 15) is 0 Å². The number of nitrogens with one attached hydrogen (secondary N) is 1.